The molecular weight excluding hydrogens is 226 g/mol. The molecule has 6 heteroatoms. The van der Waals surface area contributed by atoms with E-state index in [1.165, 1.54) is 12.5 Å². The Bertz CT molecular complexity index is 441. The van der Waals surface area contributed by atoms with E-state index in [0.29, 0.717) is 12.5 Å². The molecule has 90 valence electrons. The molecule has 0 saturated carbocycles. The Balaban J connectivity index is 2.29. The average molecular weight is 243 g/mol. The molecular formula is C10H17N3O2S. The largest absolute Gasteiger partial charge is 0.335 e. The van der Waals surface area contributed by atoms with Gasteiger partial charge in [-0.2, -0.15) is 4.31 Å². The van der Waals surface area contributed by atoms with Crippen molar-refractivity contribution in [1.82, 2.24) is 14.3 Å². The van der Waals surface area contributed by atoms with Crippen molar-refractivity contribution in [1.29, 1.82) is 0 Å². The highest BCUT2D eigenvalue weighted by Gasteiger charge is 2.34. The van der Waals surface area contributed by atoms with Crippen molar-refractivity contribution in [2.75, 3.05) is 6.54 Å². The van der Waals surface area contributed by atoms with Crippen LogP contribution in [0.5, 0.6) is 0 Å². The highest BCUT2D eigenvalue weighted by Crippen LogP contribution is 2.26. The van der Waals surface area contributed by atoms with Gasteiger partial charge in [0.05, 0.1) is 12.5 Å². The average Bonchev–Trinajstić information content (AvgIpc) is 2.75. The van der Waals surface area contributed by atoms with Gasteiger partial charge in [0.1, 0.15) is 0 Å². The van der Waals surface area contributed by atoms with Crippen LogP contribution in [0.3, 0.4) is 0 Å². The standard InChI is InChI=1S/C10H17N3O2S/c1-8-3-4-9(2)13(6-8)16(14,15)10-5-11-7-12-10/h5,7-9H,3-4,6H2,1-2H3,(H,11,12). The van der Waals surface area contributed by atoms with E-state index in [0.717, 1.165) is 12.8 Å². The molecule has 2 unspecified atom stereocenters. The van der Waals surface area contributed by atoms with Gasteiger partial charge in [-0.15, -0.1) is 0 Å². The summed E-state index contributed by atoms with van der Waals surface area (Å²) in [6.45, 7) is 4.64. The van der Waals surface area contributed by atoms with Gasteiger partial charge < -0.3 is 4.98 Å². The van der Waals surface area contributed by atoms with Crippen LogP contribution in [0.4, 0.5) is 0 Å². The summed E-state index contributed by atoms with van der Waals surface area (Å²) < 4.78 is 26.1. The number of H-pyrrole nitrogens is 1. The Morgan fingerprint density at radius 3 is 2.81 bits per heavy atom. The van der Waals surface area contributed by atoms with E-state index in [-0.39, 0.29) is 11.1 Å². The van der Waals surface area contributed by atoms with Crippen LogP contribution < -0.4 is 0 Å². The molecule has 16 heavy (non-hydrogen) atoms. The van der Waals surface area contributed by atoms with Crippen molar-refractivity contribution in [3.63, 3.8) is 0 Å². The molecule has 1 aliphatic heterocycles. The lowest BCUT2D eigenvalue weighted by molar-refractivity contribution is 0.217. The second-order valence-corrected chi connectivity index (χ2v) is 6.38. The Morgan fingerprint density at radius 1 is 1.44 bits per heavy atom. The number of aromatic nitrogens is 2. The van der Waals surface area contributed by atoms with Gasteiger partial charge in [-0.3, -0.25) is 0 Å². The number of aromatic amines is 1. The van der Waals surface area contributed by atoms with Gasteiger partial charge in [-0.1, -0.05) is 6.92 Å². The summed E-state index contributed by atoms with van der Waals surface area (Å²) in [6.07, 6.45) is 4.77. The summed E-state index contributed by atoms with van der Waals surface area (Å²) in [6, 6.07) is 0.0736. The van der Waals surface area contributed by atoms with Crippen LogP contribution in [0.15, 0.2) is 17.6 Å². The first kappa shape index (κ1) is 11.6. The quantitative estimate of drug-likeness (QED) is 0.849. The van der Waals surface area contributed by atoms with Crippen molar-refractivity contribution in [2.45, 2.75) is 37.8 Å². The van der Waals surface area contributed by atoms with Crippen molar-refractivity contribution in [2.24, 2.45) is 5.92 Å². The third-order valence-corrected chi connectivity index (χ3v) is 5.03. The van der Waals surface area contributed by atoms with Crippen LogP contribution in [0.1, 0.15) is 26.7 Å². The first-order chi connectivity index (χ1) is 7.51. The fraction of sp³-hybridized carbons (Fsp3) is 0.700. The predicted molar refractivity (Wildman–Crippen MR) is 60.3 cm³/mol. The van der Waals surface area contributed by atoms with Crippen LogP contribution in [-0.4, -0.2) is 35.3 Å². The lowest BCUT2D eigenvalue weighted by Gasteiger charge is -2.35. The van der Waals surface area contributed by atoms with Crippen molar-refractivity contribution < 1.29 is 8.42 Å². The van der Waals surface area contributed by atoms with Gasteiger partial charge in [-0.25, -0.2) is 13.4 Å². The van der Waals surface area contributed by atoms with E-state index in [1.807, 2.05) is 6.92 Å². The number of rotatable bonds is 2. The Kier molecular flexibility index (Phi) is 3.03. The zero-order chi connectivity index (χ0) is 11.8. The topological polar surface area (TPSA) is 66.1 Å². The first-order valence-corrected chi connectivity index (χ1v) is 6.96. The summed E-state index contributed by atoms with van der Waals surface area (Å²) in [7, 11) is -3.39. The van der Waals surface area contributed by atoms with Gasteiger partial charge >= 0.3 is 0 Å². The van der Waals surface area contributed by atoms with E-state index in [2.05, 4.69) is 16.9 Å². The molecule has 0 aliphatic carbocycles. The fourth-order valence-electron chi connectivity index (χ4n) is 2.09. The molecule has 2 atom stereocenters. The van der Waals surface area contributed by atoms with Crippen molar-refractivity contribution >= 4 is 10.0 Å². The maximum absolute atomic E-state index is 12.3. The number of nitrogens with one attached hydrogen (secondary N) is 1. The molecule has 2 rings (SSSR count). The van der Waals surface area contributed by atoms with Crippen LogP contribution in [0, 0.1) is 5.92 Å². The molecule has 0 amide bonds. The van der Waals surface area contributed by atoms with Gasteiger partial charge in [0.15, 0.2) is 5.03 Å². The highest BCUT2D eigenvalue weighted by atomic mass is 32.2. The number of hydrogen-bond acceptors (Lipinski definition) is 3. The molecule has 0 aromatic carbocycles. The lowest BCUT2D eigenvalue weighted by atomic mass is 9.97. The molecule has 1 aromatic heterocycles. The number of nitrogens with zero attached hydrogens (tertiary/aromatic N) is 2. The zero-order valence-electron chi connectivity index (χ0n) is 9.55. The van der Waals surface area contributed by atoms with Crippen LogP contribution >= 0.6 is 0 Å². The van der Waals surface area contributed by atoms with Gasteiger partial charge in [-0.05, 0) is 25.7 Å². The minimum absolute atomic E-state index is 0.0736. The summed E-state index contributed by atoms with van der Waals surface area (Å²) in [5.74, 6) is 0.425. The number of piperidine rings is 1. The van der Waals surface area contributed by atoms with E-state index in [1.54, 1.807) is 4.31 Å². The second-order valence-electron chi connectivity index (χ2n) is 4.52. The first-order valence-electron chi connectivity index (χ1n) is 5.52. The Morgan fingerprint density at radius 2 is 2.19 bits per heavy atom. The Labute approximate surface area is 95.9 Å². The molecule has 1 saturated heterocycles. The van der Waals surface area contributed by atoms with Crippen LogP contribution in [0.2, 0.25) is 0 Å². The van der Waals surface area contributed by atoms with E-state index in [4.69, 9.17) is 0 Å². The minimum Gasteiger partial charge on any atom is -0.335 e. The third kappa shape index (κ3) is 1.99. The maximum atomic E-state index is 12.3. The van der Waals surface area contributed by atoms with E-state index < -0.39 is 10.0 Å². The molecule has 1 N–H and O–H groups in total. The van der Waals surface area contributed by atoms with E-state index in [9.17, 15) is 8.42 Å². The summed E-state index contributed by atoms with van der Waals surface area (Å²) >= 11 is 0. The lowest BCUT2D eigenvalue weighted by Crippen LogP contribution is -2.44. The molecule has 0 radical (unpaired) electrons. The van der Waals surface area contributed by atoms with E-state index >= 15 is 0 Å². The minimum atomic E-state index is -3.39. The molecule has 5 nitrogen and oxygen atoms in total. The monoisotopic (exact) mass is 243 g/mol. The highest BCUT2D eigenvalue weighted by molar-refractivity contribution is 7.89. The number of sulfonamides is 1. The SMILES string of the molecule is CC1CCC(C)N(S(=O)(=O)c2cnc[nH]2)C1. The summed E-state index contributed by atoms with van der Waals surface area (Å²) in [5.41, 5.74) is 0. The zero-order valence-corrected chi connectivity index (χ0v) is 10.4. The van der Waals surface area contributed by atoms with Crippen LogP contribution in [0.25, 0.3) is 0 Å². The molecule has 0 spiro atoms. The normalized spacial score (nSPS) is 28.1. The van der Waals surface area contributed by atoms with Crippen molar-refractivity contribution in [3.05, 3.63) is 12.5 Å². The Hall–Kier alpha value is -0.880. The second kappa shape index (κ2) is 4.18. The number of imidazole rings is 1. The molecule has 1 aromatic rings. The summed E-state index contributed by atoms with van der Waals surface area (Å²) in [5, 5.41) is 0.188. The molecule has 2 heterocycles. The summed E-state index contributed by atoms with van der Waals surface area (Å²) in [4.78, 5) is 6.44. The third-order valence-electron chi connectivity index (χ3n) is 3.12. The maximum Gasteiger partial charge on any atom is 0.260 e. The van der Waals surface area contributed by atoms with Crippen molar-refractivity contribution in [3.8, 4) is 0 Å². The van der Waals surface area contributed by atoms with Gasteiger partial charge in [0.25, 0.3) is 10.0 Å². The molecule has 1 aliphatic rings. The predicted octanol–water partition coefficient (Wildman–Crippen LogP) is 1.22. The molecule has 0 bridgehead atoms. The number of hydrogen-bond donors (Lipinski definition) is 1. The molecule has 1 fully saturated rings. The van der Waals surface area contributed by atoms with Crippen LogP contribution in [-0.2, 0) is 10.0 Å². The fourth-order valence-corrected chi connectivity index (χ4v) is 3.77. The van der Waals surface area contributed by atoms with Gasteiger partial charge in [0, 0.05) is 12.6 Å². The smallest absolute Gasteiger partial charge is 0.260 e. The van der Waals surface area contributed by atoms with Gasteiger partial charge in [0.2, 0.25) is 0 Å².